The molecule has 1 aromatic carbocycles. The number of halogens is 3. The van der Waals surface area contributed by atoms with Crippen LogP contribution in [0.2, 0.25) is 0 Å². The molecule has 2 aromatic rings. The number of rotatable bonds is 5. The summed E-state index contributed by atoms with van der Waals surface area (Å²) in [5.74, 6) is 0.266. The van der Waals surface area contributed by atoms with E-state index < -0.39 is 27.8 Å². The number of aromatic nitrogens is 2. The van der Waals surface area contributed by atoms with Gasteiger partial charge >= 0.3 is 6.18 Å². The molecule has 8 nitrogen and oxygen atoms in total. The topological polar surface area (TPSA) is 94.8 Å². The fourth-order valence-electron chi connectivity index (χ4n) is 2.62. The average molecular weight is 407 g/mol. The standard InChI is InChI=1S/C15H16F3N3O5S/c1-24-9-13-19-14(20-26-13)12-8-25-7-6-21(12)27(22,23)11-4-2-10(3-5-11)15(16,17)18/h2-5,12H,6-9H2,1H3. The molecular formula is C15H16F3N3O5S. The molecule has 148 valence electrons. The maximum absolute atomic E-state index is 12.9. The molecule has 0 N–H and O–H groups in total. The normalized spacial score (nSPS) is 19.3. The van der Waals surface area contributed by atoms with Crippen LogP contribution < -0.4 is 0 Å². The van der Waals surface area contributed by atoms with Gasteiger partial charge in [-0.2, -0.15) is 22.5 Å². The van der Waals surface area contributed by atoms with Crippen LogP contribution in [0.5, 0.6) is 0 Å². The Hall–Kier alpha value is -2.02. The van der Waals surface area contributed by atoms with Crippen molar-refractivity contribution in [3.63, 3.8) is 0 Å². The highest BCUT2D eigenvalue weighted by atomic mass is 32.2. The van der Waals surface area contributed by atoms with Gasteiger partial charge in [-0.3, -0.25) is 0 Å². The van der Waals surface area contributed by atoms with Gasteiger partial charge in [0.1, 0.15) is 12.6 Å². The van der Waals surface area contributed by atoms with Crippen molar-refractivity contribution in [2.24, 2.45) is 0 Å². The fraction of sp³-hybridized carbons (Fsp3) is 0.467. The van der Waals surface area contributed by atoms with Crippen molar-refractivity contribution in [3.8, 4) is 0 Å². The molecule has 3 rings (SSSR count). The van der Waals surface area contributed by atoms with Crippen LogP contribution in [0.25, 0.3) is 0 Å². The van der Waals surface area contributed by atoms with E-state index in [2.05, 4.69) is 10.1 Å². The molecule has 0 amide bonds. The third-order valence-electron chi connectivity index (χ3n) is 3.92. The molecular weight excluding hydrogens is 391 g/mol. The Labute approximate surface area is 152 Å². The zero-order chi connectivity index (χ0) is 19.7. The maximum atomic E-state index is 12.9. The monoisotopic (exact) mass is 407 g/mol. The highest BCUT2D eigenvalue weighted by Gasteiger charge is 2.38. The number of hydrogen-bond donors (Lipinski definition) is 0. The summed E-state index contributed by atoms with van der Waals surface area (Å²) in [5.41, 5.74) is -0.928. The van der Waals surface area contributed by atoms with Crippen LogP contribution in [0, 0.1) is 0 Å². The molecule has 0 saturated carbocycles. The van der Waals surface area contributed by atoms with Gasteiger partial charge in [0.25, 0.3) is 5.89 Å². The molecule has 0 radical (unpaired) electrons. The van der Waals surface area contributed by atoms with Crippen LogP contribution in [-0.2, 0) is 32.3 Å². The van der Waals surface area contributed by atoms with E-state index in [1.165, 1.54) is 7.11 Å². The number of hydrogen-bond acceptors (Lipinski definition) is 7. The minimum atomic E-state index is -4.55. The first-order valence-electron chi connectivity index (χ1n) is 7.82. The van der Waals surface area contributed by atoms with Crippen molar-refractivity contribution >= 4 is 10.0 Å². The zero-order valence-corrected chi connectivity index (χ0v) is 15.0. The summed E-state index contributed by atoms with van der Waals surface area (Å²) in [6.07, 6.45) is -4.55. The predicted molar refractivity (Wildman–Crippen MR) is 83.9 cm³/mol. The van der Waals surface area contributed by atoms with Crippen LogP contribution in [0.15, 0.2) is 33.7 Å². The van der Waals surface area contributed by atoms with E-state index in [9.17, 15) is 21.6 Å². The van der Waals surface area contributed by atoms with Crippen molar-refractivity contribution in [2.45, 2.75) is 23.7 Å². The number of morpholine rings is 1. The molecule has 1 saturated heterocycles. The molecule has 1 unspecified atom stereocenters. The Bertz CT molecular complexity index is 883. The van der Waals surface area contributed by atoms with Crippen molar-refractivity contribution < 1.29 is 35.6 Å². The minimum absolute atomic E-state index is 0.00216. The van der Waals surface area contributed by atoms with Crippen molar-refractivity contribution in [3.05, 3.63) is 41.5 Å². The highest BCUT2D eigenvalue weighted by Crippen LogP contribution is 2.32. The smallest absolute Gasteiger partial charge is 0.378 e. The van der Waals surface area contributed by atoms with Gasteiger partial charge in [0.05, 0.1) is 23.7 Å². The second kappa shape index (κ2) is 7.54. The lowest BCUT2D eigenvalue weighted by molar-refractivity contribution is -0.137. The third kappa shape index (κ3) is 4.13. The molecule has 1 aliphatic heterocycles. The summed E-state index contributed by atoms with van der Waals surface area (Å²) in [4.78, 5) is 3.83. The van der Waals surface area contributed by atoms with Gasteiger partial charge in [-0.25, -0.2) is 8.42 Å². The molecule has 0 bridgehead atoms. The second-order valence-electron chi connectivity index (χ2n) is 5.71. The van der Waals surface area contributed by atoms with Crippen molar-refractivity contribution in [1.29, 1.82) is 0 Å². The Balaban J connectivity index is 1.90. The summed E-state index contributed by atoms with van der Waals surface area (Å²) >= 11 is 0. The number of benzene rings is 1. The second-order valence-corrected chi connectivity index (χ2v) is 7.60. The first kappa shape index (κ1) is 19.7. The van der Waals surface area contributed by atoms with Gasteiger partial charge in [-0.15, -0.1) is 0 Å². The lowest BCUT2D eigenvalue weighted by Crippen LogP contribution is -2.43. The summed E-state index contributed by atoms with van der Waals surface area (Å²) < 4.78 is 80.3. The molecule has 27 heavy (non-hydrogen) atoms. The predicted octanol–water partition coefficient (Wildman–Crippen LogP) is 2.00. The van der Waals surface area contributed by atoms with E-state index in [0.717, 1.165) is 28.6 Å². The van der Waals surface area contributed by atoms with E-state index in [4.69, 9.17) is 14.0 Å². The summed E-state index contributed by atoms with van der Waals surface area (Å²) in [6, 6.07) is 2.45. The molecule has 12 heteroatoms. The van der Waals surface area contributed by atoms with Gasteiger partial charge in [-0.05, 0) is 24.3 Å². The lowest BCUT2D eigenvalue weighted by atomic mass is 10.2. The van der Waals surface area contributed by atoms with E-state index in [1.54, 1.807) is 0 Å². The summed E-state index contributed by atoms with van der Waals surface area (Å²) in [5, 5.41) is 3.76. The number of ether oxygens (including phenoxy) is 2. The average Bonchev–Trinajstić information content (AvgIpc) is 3.10. The van der Waals surface area contributed by atoms with Crippen LogP contribution >= 0.6 is 0 Å². The molecule has 1 aromatic heterocycles. The van der Waals surface area contributed by atoms with Crippen LogP contribution in [-0.4, -0.2) is 49.7 Å². The van der Waals surface area contributed by atoms with Crippen LogP contribution in [0.1, 0.15) is 23.3 Å². The van der Waals surface area contributed by atoms with Gasteiger partial charge in [-0.1, -0.05) is 5.16 Å². The molecule has 1 fully saturated rings. The first-order chi connectivity index (χ1) is 12.7. The Morgan fingerprint density at radius 2 is 2.00 bits per heavy atom. The largest absolute Gasteiger partial charge is 0.416 e. The number of sulfonamides is 1. The first-order valence-corrected chi connectivity index (χ1v) is 9.26. The zero-order valence-electron chi connectivity index (χ0n) is 14.1. The maximum Gasteiger partial charge on any atom is 0.416 e. The number of alkyl halides is 3. The highest BCUT2D eigenvalue weighted by molar-refractivity contribution is 7.89. The van der Waals surface area contributed by atoms with E-state index >= 15 is 0 Å². The van der Waals surface area contributed by atoms with Crippen molar-refractivity contribution in [2.75, 3.05) is 26.9 Å². The van der Waals surface area contributed by atoms with Gasteiger partial charge in [0.15, 0.2) is 5.82 Å². The fourth-order valence-corrected chi connectivity index (χ4v) is 4.17. The Morgan fingerprint density at radius 1 is 1.30 bits per heavy atom. The molecule has 1 atom stereocenters. The van der Waals surface area contributed by atoms with E-state index in [1.807, 2.05) is 0 Å². The van der Waals surface area contributed by atoms with Crippen LogP contribution in [0.4, 0.5) is 13.2 Å². The minimum Gasteiger partial charge on any atom is -0.378 e. The van der Waals surface area contributed by atoms with Gasteiger partial charge in [0.2, 0.25) is 10.0 Å². The lowest BCUT2D eigenvalue weighted by Gasteiger charge is -2.32. The molecule has 0 spiro atoms. The Morgan fingerprint density at radius 3 is 2.63 bits per heavy atom. The Kier molecular flexibility index (Phi) is 5.51. The van der Waals surface area contributed by atoms with E-state index in [0.29, 0.717) is 0 Å². The number of methoxy groups -OCH3 is 1. The van der Waals surface area contributed by atoms with E-state index in [-0.39, 0.29) is 43.0 Å². The quantitative estimate of drug-likeness (QED) is 0.748. The van der Waals surface area contributed by atoms with Crippen molar-refractivity contribution in [1.82, 2.24) is 14.4 Å². The summed E-state index contributed by atoms with van der Waals surface area (Å²) in [6.45, 7) is 0.194. The summed E-state index contributed by atoms with van der Waals surface area (Å²) in [7, 11) is -2.65. The number of nitrogens with zero attached hydrogens (tertiary/aromatic N) is 3. The molecule has 2 heterocycles. The van der Waals surface area contributed by atoms with Gasteiger partial charge in [0, 0.05) is 13.7 Å². The third-order valence-corrected chi connectivity index (χ3v) is 5.84. The molecule has 0 aliphatic carbocycles. The van der Waals surface area contributed by atoms with Crippen LogP contribution in [0.3, 0.4) is 0 Å². The SMILES string of the molecule is COCc1nc(C2COCCN2S(=O)(=O)c2ccc(C(F)(F)F)cc2)no1. The van der Waals surface area contributed by atoms with Gasteiger partial charge < -0.3 is 14.0 Å². The molecule has 1 aliphatic rings.